The number of rotatable bonds is 9. The van der Waals surface area contributed by atoms with Gasteiger partial charge >= 0.3 is 6.18 Å². The van der Waals surface area contributed by atoms with Gasteiger partial charge in [0.25, 0.3) is 11.5 Å². The van der Waals surface area contributed by atoms with E-state index < -0.39 is 35.5 Å². The van der Waals surface area contributed by atoms with Crippen LogP contribution in [0.5, 0.6) is 0 Å². The number of aromatic nitrogens is 2. The summed E-state index contributed by atoms with van der Waals surface area (Å²) in [6.45, 7) is 3.42. The number of nitrogens with zero attached hydrogens (tertiary/aromatic N) is 2. The number of aryl methyl sites for hydroxylation is 1. The second kappa shape index (κ2) is 11.6. The molecule has 1 amide bonds. The molecule has 1 heterocycles. The number of carbonyl (C=O) groups excluding carboxylic acids is 2. The van der Waals surface area contributed by atoms with Gasteiger partial charge in [-0.05, 0) is 43.2 Å². The predicted octanol–water partition coefficient (Wildman–Crippen LogP) is 6.29. The minimum absolute atomic E-state index is 0.122. The molecule has 1 aromatic heterocycles. The van der Waals surface area contributed by atoms with Crippen LogP contribution in [0.25, 0.3) is 16.9 Å². The second-order valence-corrected chi connectivity index (χ2v) is 9.24. The van der Waals surface area contributed by atoms with Gasteiger partial charge in [-0.2, -0.15) is 13.2 Å². The number of nitrogens with one attached hydrogen (secondary N) is 1. The van der Waals surface area contributed by atoms with Crippen molar-refractivity contribution in [2.24, 2.45) is 0 Å². The highest BCUT2D eigenvalue weighted by atomic mass is 19.4. The number of amides is 1. The lowest BCUT2D eigenvalue weighted by molar-refractivity contribution is -0.137. The molecule has 3 aromatic carbocycles. The Bertz CT molecular complexity index is 1540. The first-order valence-electron chi connectivity index (χ1n) is 12.6. The smallest absolute Gasteiger partial charge is 0.331 e. The third kappa shape index (κ3) is 6.03. The van der Waals surface area contributed by atoms with Crippen LogP contribution in [0.15, 0.2) is 83.7 Å². The van der Waals surface area contributed by atoms with Gasteiger partial charge in [-0.1, -0.05) is 67.9 Å². The van der Waals surface area contributed by atoms with Crippen LogP contribution in [0.4, 0.5) is 13.2 Å². The number of unbranched alkanes of at least 4 members (excludes halogenated alkanes) is 1. The van der Waals surface area contributed by atoms with Crippen LogP contribution in [-0.4, -0.2) is 39.5 Å². The molecule has 0 saturated heterocycles. The zero-order valence-electron chi connectivity index (χ0n) is 21.6. The fourth-order valence-corrected chi connectivity index (χ4v) is 4.36. The zero-order valence-corrected chi connectivity index (χ0v) is 21.6. The Morgan fingerprint density at radius 3 is 2.31 bits per heavy atom. The summed E-state index contributed by atoms with van der Waals surface area (Å²) in [6.07, 6.45) is -3.39. The minimum Gasteiger partial charge on any atom is -0.331 e. The average molecular weight is 536 g/mol. The van der Waals surface area contributed by atoms with E-state index in [0.717, 1.165) is 23.8 Å². The van der Waals surface area contributed by atoms with Crippen molar-refractivity contribution in [2.45, 2.75) is 32.9 Å². The molecule has 0 bridgehead atoms. The maximum absolute atomic E-state index is 13.7. The summed E-state index contributed by atoms with van der Waals surface area (Å²) in [5.74, 6) is -1.32. The summed E-state index contributed by atoms with van der Waals surface area (Å²) in [6, 6.07) is 20.2. The number of aromatic amines is 1. The van der Waals surface area contributed by atoms with Gasteiger partial charge in [-0.3, -0.25) is 19.5 Å². The van der Waals surface area contributed by atoms with Crippen molar-refractivity contribution in [3.63, 3.8) is 0 Å². The summed E-state index contributed by atoms with van der Waals surface area (Å²) in [4.78, 5) is 41.9. The number of H-pyrrole nitrogens is 1. The van der Waals surface area contributed by atoms with Crippen LogP contribution in [-0.2, 0) is 6.18 Å². The summed E-state index contributed by atoms with van der Waals surface area (Å²) >= 11 is 0. The molecule has 0 spiro atoms. The lowest BCUT2D eigenvalue weighted by Crippen LogP contribution is -2.38. The molecule has 202 valence electrons. The minimum atomic E-state index is -4.61. The lowest BCUT2D eigenvalue weighted by Gasteiger charge is -2.22. The number of hydrogen-bond donors (Lipinski definition) is 1. The Morgan fingerprint density at radius 2 is 1.64 bits per heavy atom. The van der Waals surface area contributed by atoms with Crippen LogP contribution in [0, 0.1) is 6.92 Å². The number of halogens is 3. The molecule has 4 aromatic rings. The topological polar surface area (TPSA) is 75.2 Å². The Morgan fingerprint density at radius 1 is 0.949 bits per heavy atom. The summed E-state index contributed by atoms with van der Waals surface area (Å²) in [5.41, 5.74) is 0.463. The Labute approximate surface area is 223 Å². The number of ketones is 1. The molecular weight excluding hydrogens is 507 g/mol. The van der Waals surface area contributed by atoms with Gasteiger partial charge in [0.2, 0.25) is 0 Å². The van der Waals surface area contributed by atoms with Gasteiger partial charge in [-0.25, -0.2) is 4.68 Å². The van der Waals surface area contributed by atoms with Crippen LogP contribution in [0.2, 0.25) is 0 Å². The number of benzene rings is 3. The average Bonchev–Trinajstić information content (AvgIpc) is 3.27. The molecule has 1 N–H and O–H groups in total. The highest BCUT2D eigenvalue weighted by molar-refractivity contribution is 6.05. The van der Waals surface area contributed by atoms with E-state index in [-0.39, 0.29) is 17.7 Å². The molecule has 4 rings (SSSR count). The molecule has 0 atom stereocenters. The van der Waals surface area contributed by atoms with Gasteiger partial charge in [0.15, 0.2) is 5.78 Å². The van der Waals surface area contributed by atoms with Gasteiger partial charge < -0.3 is 4.90 Å². The summed E-state index contributed by atoms with van der Waals surface area (Å²) in [7, 11) is 0. The van der Waals surface area contributed by atoms with Crippen molar-refractivity contribution in [3.05, 3.63) is 111 Å². The van der Waals surface area contributed by atoms with Crippen molar-refractivity contribution < 1.29 is 22.8 Å². The second-order valence-electron chi connectivity index (χ2n) is 9.24. The summed E-state index contributed by atoms with van der Waals surface area (Å²) < 4.78 is 41.1. The van der Waals surface area contributed by atoms with E-state index in [0.29, 0.717) is 29.8 Å². The van der Waals surface area contributed by atoms with Crippen molar-refractivity contribution in [3.8, 4) is 16.9 Å². The number of para-hydroxylation sites is 1. The normalized spacial score (nSPS) is 11.4. The predicted molar refractivity (Wildman–Crippen MR) is 143 cm³/mol. The standard InChI is InChI=1S/C30H28F3N3O3/c1-3-4-17-35(28(38)22-14-10-15-23(18-22)30(31,32)33)19-25(37)26-27(21-12-6-5-7-13-21)34-36(29(26)39)24-16-9-8-11-20(24)2/h5-16,18,34H,3-4,17,19H2,1-2H3. The van der Waals surface area contributed by atoms with Crippen LogP contribution < -0.4 is 5.56 Å². The molecule has 0 radical (unpaired) electrons. The maximum Gasteiger partial charge on any atom is 0.416 e. The number of carbonyl (C=O) groups is 2. The quantitative estimate of drug-likeness (QED) is 0.256. The van der Waals surface area contributed by atoms with Crippen molar-refractivity contribution in [1.29, 1.82) is 0 Å². The summed E-state index contributed by atoms with van der Waals surface area (Å²) in [5, 5.41) is 3.06. The van der Waals surface area contributed by atoms with E-state index >= 15 is 0 Å². The van der Waals surface area contributed by atoms with E-state index in [2.05, 4.69) is 5.10 Å². The van der Waals surface area contributed by atoms with Gasteiger partial charge in [0, 0.05) is 17.7 Å². The fourth-order valence-electron chi connectivity index (χ4n) is 4.36. The Balaban J connectivity index is 1.76. The van der Waals surface area contributed by atoms with Crippen molar-refractivity contribution in [2.75, 3.05) is 13.1 Å². The van der Waals surface area contributed by atoms with E-state index in [1.54, 1.807) is 36.4 Å². The number of alkyl halides is 3. The van der Waals surface area contributed by atoms with Crippen LogP contribution >= 0.6 is 0 Å². The van der Waals surface area contributed by atoms with E-state index in [4.69, 9.17) is 0 Å². The molecule has 0 aliphatic heterocycles. The zero-order chi connectivity index (χ0) is 28.2. The van der Waals surface area contributed by atoms with Gasteiger partial charge in [-0.15, -0.1) is 0 Å². The van der Waals surface area contributed by atoms with Crippen molar-refractivity contribution in [1.82, 2.24) is 14.7 Å². The number of Topliss-reactive ketones (excluding diaryl/α,β-unsaturated/α-hetero) is 1. The van der Waals surface area contributed by atoms with Crippen molar-refractivity contribution >= 4 is 11.7 Å². The van der Waals surface area contributed by atoms with E-state index in [1.807, 2.05) is 32.0 Å². The maximum atomic E-state index is 13.7. The Hall–Kier alpha value is -4.40. The van der Waals surface area contributed by atoms with Crippen LogP contribution in [0.1, 0.15) is 51.6 Å². The third-order valence-electron chi connectivity index (χ3n) is 6.43. The highest BCUT2D eigenvalue weighted by Gasteiger charge is 2.32. The molecule has 39 heavy (non-hydrogen) atoms. The molecule has 0 aliphatic carbocycles. The molecule has 9 heteroatoms. The molecule has 0 saturated carbocycles. The lowest BCUT2D eigenvalue weighted by atomic mass is 10.0. The van der Waals surface area contributed by atoms with E-state index in [9.17, 15) is 27.6 Å². The Kier molecular flexibility index (Phi) is 8.18. The first-order chi connectivity index (χ1) is 18.6. The van der Waals surface area contributed by atoms with Gasteiger partial charge in [0.05, 0.1) is 23.5 Å². The largest absolute Gasteiger partial charge is 0.416 e. The van der Waals surface area contributed by atoms with E-state index in [1.165, 1.54) is 15.6 Å². The van der Waals surface area contributed by atoms with Gasteiger partial charge in [0.1, 0.15) is 5.56 Å². The molecule has 0 aliphatic rings. The number of hydrogen-bond acceptors (Lipinski definition) is 3. The first-order valence-corrected chi connectivity index (χ1v) is 12.6. The monoisotopic (exact) mass is 535 g/mol. The molecule has 0 fully saturated rings. The molecule has 6 nitrogen and oxygen atoms in total. The molecular formula is C30H28F3N3O3. The molecule has 0 unspecified atom stereocenters. The third-order valence-corrected chi connectivity index (χ3v) is 6.43. The SMILES string of the molecule is CCCCN(CC(=O)c1c(-c2ccccc2)[nH]n(-c2ccccc2C)c1=O)C(=O)c1cccc(C(F)(F)F)c1. The fraction of sp³-hybridized carbons (Fsp3) is 0.233. The van der Waals surface area contributed by atoms with Crippen LogP contribution in [0.3, 0.4) is 0 Å². The first kappa shape index (κ1) is 27.6. The highest BCUT2D eigenvalue weighted by Crippen LogP contribution is 2.30.